The summed E-state index contributed by atoms with van der Waals surface area (Å²) in [5.41, 5.74) is 0.406. The Hall–Kier alpha value is -1.30. The summed E-state index contributed by atoms with van der Waals surface area (Å²) in [7, 11) is 0. The van der Waals surface area contributed by atoms with Crippen molar-refractivity contribution in [1.82, 2.24) is 15.1 Å². The van der Waals surface area contributed by atoms with Crippen molar-refractivity contribution in [3.8, 4) is 0 Å². The van der Waals surface area contributed by atoms with Crippen LogP contribution in [0.3, 0.4) is 0 Å². The molecule has 4 rings (SSSR count). The standard InChI is InChI=1S/C21H35N3O3/c1-3-5-17-20(13-18(25)22-17)6-9-23(10-7-20)16-12-21(15(16)4-2)8-11-24(14-21)19(26)27/h15-17H,3-14H2,1-2H3,(H,22,25)(H,26,27). The highest BCUT2D eigenvalue weighted by molar-refractivity contribution is 5.80. The fourth-order valence-electron chi connectivity index (χ4n) is 6.91. The molecule has 1 saturated carbocycles. The minimum absolute atomic E-state index is 0.181. The highest BCUT2D eigenvalue weighted by atomic mass is 16.4. The first kappa shape index (κ1) is 19.0. The lowest BCUT2D eigenvalue weighted by Crippen LogP contribution is -2.62. The molecule has 2 amide bonds. The highest BCUT2D eigenvalue weighted by Gasteiger charge is 2.59. The summed E-state index contributed by atoms with van der Waals surface area (Å²) < 4.78 is 0. The summed E-state index contributed by atoms with van der Waals surface area (Å²) in [5, 5.41) is 12.6. The summed E-state index contributed by atoms with van der Waals surface area (Å²) in [4.78, 5) is 27.7. The second-order valence-electron chi connectivity index (χ2n) is 9.59. The van der Waals surface area contributed by atoms with Gasteiger partial charge in [-0.05, 0) is 56.5 Å². The smallest absolute Gasteiger partial charge is 0.407 e. The Morgan fingerprint density at radius 1 is 1.19 bits per heavy atom. The summed E-state index contributed by atoms with van der Waals surface area (Å²) in [6.45, 7) is 8.09. The normalized spacial score (nSPS) is 38.4. The van der Waals surface area contributed by atoms with E-state index in [2.05, 4.69) is 24.1 Å². The van der Waals surface area contributed by atoms with Gasteiger partial charge >= 0.3 is 6.09 Å². The molecule has 2 N–H and O–H groups in total. The van der Waals surface area contributed by atoms with E-state index in [1.807, 2.05) is 0 Å². The number of carbonyl (C=O) groups is 2. The zero-order valence-corrected chi connectivity index (χ0v) is 16.9. The molecule has 1 aliphatic carbocycles. The number of nitrogens with zero attached hydrogens (tertiary/aromatic N) is 2. The second-order valence-corrected chi connectivity index (χ2v) is 9.59. The first-order valence-corrected chi connectivity index (χ1v) is 10.9. The topological polar surface area (TPSA) is 72.9 Å². The molecular formula is C21H35N3O3. The molecule has 6 nitrogen and oxygen atoms in total. The summed E-state index contributed by atoms with van der Waals surface area (Å²) in [5.74, 6) is 0.862. The third-order valence-electron chi connectivity index (χ3n) is 8.39. The van der Waals surface area contributed by atoms with Gasteiger partial charge in [-0.25, -0.2) is 4.79 Å². The highest BCUT2D eigenvalue weighted by Crippen LogP contribution is 2.57. The van der Waals surface area contributed by atoms with Crippen LogP contribution in [0.4, 0.5) is 4.79 Å². The molecule has 0 aromatic carbocycles. The molecule has 4 fully saturated rings. The number of piperidine rings is 1. The van der Waals surface area contributed by atoms with Crippen LogP contribution in [0.5, 0.6) is 0 Å². The van der Waals surface area contributed by atoms with E-state index in [4.69, 9.17) is 0 Å². The van der Waals surface area contributed by atoms with E-state index < -0.39 is 6.09 Å². The Labute approximate surface area is 162 Å². The quantitative estimate of drug-likeness (QED) is 0.790. The number of likely N-dealkylation sites (tertiary alicyclic amines) is 2. The van der Waals surface area contributed by atoms with E-state index in [1.165, 1.54) is 0 Å². The first-order chi connectivity index (χ1) is 12.9. The number of rotatable bonds is 4. The maximum atomic E-state index is 12.1. The number of hydrogen-bond donors (Lipinski definition) is 2. The van der Waals surface area contributed by atoms with E-state index in [-0.39, 0.29) is 16.7 Å². The third kappa shape index (κ3) is 3.04. The van der Waals surface area contributed by atoms with Crippen LogP contribution in [-0.2, 0) is 4.79 Å². The van der Waals surface area contributed by atoms with Crippen molar-refractivity contribution >= 4 is 12.0 Å². The van der Waals surface area contributed by atoms with Gasteiger partial charge in [-0.15, -0.1) is 0 Å². The van der Waals surface area contributed by atoms with Crippen molar-refractivity contribution < 1.29 is 14.7 Å². The van der Waals surface area contributed by atoms with Crippen LogP contribution in [0.25, 0.3) is 0 Å². The molecule has 6 heteroatoms. The zero-order chi connectivity index (χ0) is 19.2. The largest absolute Gasteiger partial charge is 0.465 e. The van der Waals surface area contributed by atoms with E-state index in [1.54, 1.807) is 4.90 Å². The Bertz CT molecular complexity index is 601. The summed E-state index contributed by atoms with van der Waals surface area (Å²) in [6, 6.07) is 0.974. The van der Waals surface area contributed by atoms with Crippen molar-refractivity contribution in [3.63, 3.8) is 0 Å². The van der Waals surface area contributed by atoms with Gasteiger partial charge in [0.2, 0.25) is 5.91 Å². The number of amides is 2. The first-order valence-electron chi connectivity index (χ1n) is 10.9. The van der Waals surface area contributed by atoms with Crippen LogP contribution < -0.4 is 5.32 Å². The lowest BCUT2D eigenvalue weighted by molar-refractivity contribution is -0.120. The molecule has 4 unspecified atom stereocenters. The lowest BCUT2D eigenvalue weighted by atomic mass is 9.54. The molecule has 152 valence electrons. The van der Waals surface area contributed by atoms with Crippen LogP contribution in [0.1, 0.15) is 65.2 Å². The van der Waals surface area contributed by atoms with Crippen molar-refractivity contribution in [2.24, 2.45) is 16.7 Å². The average Bonchev–Trinajstić information content (AvgIpc) is 3.19. The predicted octanol–water partition coefficient (Wildman–Crippen LogP) is 2.93. The maximum absolute atomic E-state index is 12.1. The van der Waals surface area contributed by atoms with Gasteiger partial charge < -0.3 is 20.2 Å². The van der Waals surface area contributed by atoms with Gasteiger partial charge in [0.25, 0.3) is 0 Å². The average molecular weight is 378 g/mol. The Balaban J connectivity index is 1.38. The molecule has 3 aliphatic heterocycles. The number of hydrogen-bond acceptors (Lipinski definition) is 3. The maximum Gasteiger partial charge on any atom is 0.407 e. The van der Waals surface area contributed by atoms with Gasteiger partial charge in [-0.3, -0.25) is 4.79 Å². The van der Waals surface area contributed by atoms with Crippen LogP contribution in [0.15, 0.2) is 0 Å². The lowest BCUT2D eigenvalue weighted by Gasteiger charge is -2.59. The minimum Gasteiger partial charge on any atom is -0.465 e. The predicted molar refractivity (Wildman–Crippen MR) is 104 cm³/mol. The van der Waals surface area contributed by atoms with E-state index in [0.717, 1.165) is 64.6 Å². The molecule has 0 aromatic rings. The molecule has 2 spiro atoms. The molecular weight excluding hydrogens is 342 g/mol. The molecule has 0 bridgehead atoms. The third-order valence-corrected chi connectivity index (χ3v) is 8.39. The molecule has 4 aliphatic rings. The van der Waals surface area contributed by atoms with Crippen LogP contribution in [0.2, 0.25) is 0 Å². The second kappa shape index (κ2) is 6.94. The van der Waals surface area contributed by atoms with E-state index in [9.17, 15) is 14.7 Å². The number of carboxylic acid groups (broad SMARTS) is 1. The summed E-state index contributed by atoms with van der Waals surface area (Å²) in [6.07, 6.45) is 7.74. The van der Waals surface area contributed by atoms with Gasteiger partial charge in [0.05, 0.1) is 0 Å². The Kier molecular flexibility index (Phi) is 4.90. The van der Waals surface area contributed by atoms with Crippen molar-refractivity contribution in [2.75, 3.05) is 26.2 Å². The fraction of sp³-hybridized carbons (Fsp3) is 0.905. The van der Waals surface area contributed by atoms with E-state index >= 15 is 0 Å². The van der Waals surface area contributed by atoms with Crippen LogP contribution in [0, 0.1) is 16.7 Å². The molecule has 0 radical (unpaired) electrons. The van der Waals surface area contributed by atoms with E-state index in [0.29, 0.717) is 31.0 Å². The van der Waals surface area contributed by atoms with Crippen LogP contribution in [-0.4, -0.2) is 65.2 Å². The molecule has 27 heavy (non-hydrogen) atoms. The molecule has 4 atom stereocenters. The molecule has 0 aromatic heterocycles. The van der Waals surface area contributed by atoms with Crippen molar-refractivity contribution in [2.45, 2.75) is 77.3 Å². The molecule has 3 heterocycles. The molecule has 3 saturated heterocycles. The fourth-order valence-corrected chi connectivity index (χ4v) is 6.91. The minimum atomic E-state index is -0.759. The number of carbonyl (C=O) groups excluding carboxylic acids is 1. The summed E-state index contributed by atoms with van der Waals surface area (Å²) >= 11 is 0. The van der Waals surface area contributed by atoms with Crippen LogP contribution >= 0.6 is 0 Å². The van der Waals surface area contributed by atoms with Gasteiger partial charge in [-0.2, -0.15) is 0 Å². The zero-order valence-electron chi connectivity index (χ0n) is 16.9. The number of nitrogens with one attached hydrogen (secondary N) is 1. The Morgan fingerprint density at radius 2 is 1.89 bits per heavy atom. The van der Waals surface area contributed by atoms with Gasteiger partial charge in [0.1, 0.15) is 0 Å². The van der Waals surface area contributed by atoms with Gasteiger partial charge in [0, 0.05) is 37.0 Å². The van der Waals surface area contributed by atoms with Gasteiger partial charge in [0.15, 0.2) is 0 Å². The van der Waals surface area contributed by atoms with Crippen molar-refractivity contribution in [1.29, 1.82) is 0 Å². The Morgan fingerprint density at radius 3 is 2.48 bits per heavy atom. The van der Waals surface area contributed by atoms with Crippen molar-refractivity contribution in [3.05, 3.63) is 0 Å². The monoisotopic (exact) mass is 377 g/mol. The SMILES string of the molecule is CCCC1NC(=O)CC12CCN(C1CC3(CCN(C(=O)O)C3)C1CC)CC2. The van der Waals surface area contributed by atoms with Gasteiger partial charge in [-0.1, -0.05) is 26.7 Å².